The highest BCUT2D eigenvalue weighted by molar-refractivity contribution is 5.93. The molecule has 4 rings (SSSR count). The smallest absolute Gasteiger partial charge is 0.253 e. The molecule has 0 saturated carbocycles. The van der Waals surface area contributed by atoms with Crippen LogP contribution in [0.4, 0.5) is 11.6 Å². The van der Waals surface area contributed by atoms with Gasteiger partial charge in [0.25, 0.3) is 5.95 Å². The molecule has 0 radical (unpaired) electrons. The molecule has 0 aliphatic heterocycles. The number of pyridine rings is 1. The maximum Gasteiger partial charge on any atom is 0.253 e. The maximum absolute atomic E-state index is 9.41. The van der Waals surface area contributed by atoms with Gasteiger partial charge in [-0.2, -0.15) is 4.99 Å². The van der Waals surface area contributed by atoms with Gasteiger partial charge in [0.05, 0.1) is 24.2 Å². The summed E-state index contributed by atoms with van der Waals surface area (Å²) in [6.07, 6.45) is 1.70. The third kappa shape index (κ3) is 5.50. The first-order valence-electron chi connectivity index (χ1n) is 9.46. The molecule has 0 fully saturated rings. The topological polar surface area (TPSA) is 119 Å². The van der Waals surface area contributed by atoms with E-state index in [9.17, 15) is 5.11 Å². The van der Waals surface area contributed by atoms with E-state index in [1.807, 2.05) is 48.5 Å². The summed E-state index contributed by atoms with van der Waals surface area (Å²) in [5, 5.41) is 12.4. The molecular formula is C23H21ClN6O2. The second kappa shape index (κ2) is 10.2. The maximum atomic E-state index is 9.41. The van der Waals surface area contributed by atoms with Crippen molar-refractivity contribution in [2.75, 3.05) is 12.4 Å². The van der Waals surface area contributed by atoms with Gasteiger partial charge in [0, 0.05) is 17.4 Å². The second-order valence-electron chi connectivity index (χ2n) is 6.55. The quantitative estimate of drug-likeness (QED) is 0.235. The normalized spacial score (nSPS) is 10.8. The standard InChI is InChI=1S/C23H20N6O2.ClH/c1-31-18-11-5-15(6-12-18)20-14-21(19-4-2-3-13-25-19)28-23(27-20)29-22(24)26-16-7-9-17(30)10-8-16;/h2-14,30H,1H3,(H3,24,26,27,28,29);1H. The average molecular weight is 449 g/mol. The Kier molecular flexibility index (Phi) is 7.20. The minimum atomic E-state index is 0. The number of hydrogen-bond donors (Lipinski definition) is 3. The van der Waals surface area contributed by atoms with E-state index in [1.165, 1.54) is 0 Å². The van der Waals surface area contributed by atoms with Crippen molar-refractivity contribution in [2.24, 2.45) is 10.7 Å². The van der Waals surface area contributed by atoms with E-state index in [0.29, 0.717) is 22.8 Å². The van der Waals surface area contributed by atoms with E-state index in [0.717, 1.165) is 11.3 Å². The van der Waals surface area contributed by atoms with Gasteiger partial charge in [-0.05, 0) is 66.7 Å². The van der Waals surface area contributed by atoms with Crippen LogP contribution in [0.15, 0.2) is 84.0 Å². The zero-order valence-corrected chi connectivity index (χ0v) is 18.0. The molecule has 0 aliphatic carbocycles. The van der Waals surface area contributed by atoms with Gasteiger partial charge in [0.15, 0.2) is 0 Å². The molecule has 0 unspecified atom stereocenters. The van der Waals surface area contributed by atoms with Crippen LogP contribution < -0.4 is 15.8 Å². The highest BCUT2D eigenvalue weighted by Gasteiger charge is 2.10. The van der Waals surface area contributed by atoms with Crippen molar-refractivity contribution in [3.05, 3.63) is 79.0 Å². The summed E-state index contributed by atoms with van der Waals surface area (Å²) in [5.74, 6) is 1.22. The number of phenols is 1. The number of halogens is 1. The van der Waals surface area contributed by atoms with E-state index < -0.39 is 0 Å². The summed E-state index contributed by atoms with van der Waals surface area (Å²) in [4.78, 5) is 17.8. The monoisotopic (exact) mass is 448 g/mol. The van der Waals surface area contributed by atoms with Crippen molar-refractivity contribution in [3.63, 3.8) is 0 Å². The van der Waals surface area contributed by atoms with E-state index in [1.54, 1.807) is 37.6 Å². The fourth-order valence-corrected chi connectivity index (χ4v) is 2.87. The lowest BCUT2D eigenvalue weighted by molar-refractivity contribution is 0.415. The Morgan fingerprint density at radius 3 is 2.31 bits per heavy atom. The van der Waals surface area contributed by atoms with Gasteiger partial charge < -0.3 is 20.9 Å². The van der Waals surface area contributed by atoms with Crippen LogP contribution in [-0.2, 0) is 0 Å². The van der Waals surface area contributed by atoms with Crippen molar-refractivity contribution in [3.8, 4) is 34.1 Å². The number of phenolic OH excluding ortho intramolecular Hbond substituents is 1. The molecule has 4 N–H and O–H groups in total. The van der Waals surface area contributed by atoms with E-state index >= 15 is 0 Å². The fourth-order valence-electron chi connectivity index (χ4n) is 2.87. The van der Waals surface area contributed by atoms with Crippen molar-refractivity contribution in [1.82, 2.24) is 15.0 Å². The molecule has 0 atom stereocenters. The van der Waals surface area contributed by atoms with Gasteiger partial charge in [0.1, 0.15) is 11.5 Å². The van der Waals surface area contributed by atoms with Crippen molar-refractivity contribution in [2.45, 2.75) is 0 Å². The molecule has 0 bridgehead atoms. The predicted octanol–water partition coefficient (Wildman–Crippen LogP) is 4.40. The molecule has 9 heteroatoms. The first-order valence-corrected chi connectivity index (χ1v) is 9.46. The molecule has 4 aromatic rings. The lowest BCUT2D eigenvalue weighted by Crippen LogP contribution is -2.22. The molecule has 8 nitrogen and oxygen atoms in total. The highest BCUT2D eigenvalue weighted by atomic mass is 35.5. The van der Waals surface area contributed by atoms with Crippen LogP contribution in [0.5, 0.6) is 11.5 Å². The summed E-state index contributed by atoms with van der Waals surface area (Å²) < 4.78 is 5.23. The summed E-state index contributed by atoms with van der Waals surface area (Å²) in [5.41, 5.74) is 9.60. The molecule has 0 saturated heterocycles. The minimum absolute atomic E-state index is 0. The van der Waals surface area contributed by atoms with E-state index in [4.69, 9.17) is 10.5 Å². The number of anilines is 1. The van der Waals surface area contributed by atoms with Gasteiger partial charge in [-0.3, -0.25) is 4.98 Å². The van der Waals surface area contributed by atoms with Crippen molar-refractivity contribution >= 4 is 30.0 Å². The molecule has 2 aromatic heterocycles. The van der Waals surface area contributed by atoms with Gasteiger partial charge >= 0.3 is 0 Å². The Bertz CT molecular complexity index is 1200. The Hall–Kier alpha value is -4.17. The van der Waals surface area contributed by atoms with Crippen LogP contribution >= 0.6 is 12.4 Å². The number of guanidine groups is 1. The third-order valence-corrected chi connectivity index (χ3v) is 4.39. The number of nitrogens with two attached hydrogens (primary N) is 1. The first kappa shape index (κ1) is 22.5. The Labute approximate surface area is 191 Å². The SMILES string of the molecule is COc1ccc(-c2cc(-c3ccccn3)nc(N=C(N)Nc3ccc(O)cc3)n2)cc1.Cl. The number of hydrogen-bond acceptors (Lipinski definition) is 6. The van der Waals surface area contributed by atoms with Gasteiger partial charge in [-0.1, -0.05) is 6.07 Å². The highest BCUT2D eigenvalue weighted by Crippen LogP contribution is 2.26. The summed E-state index contributed by atoms with van der Waals surface area (Å²) in [6.45, 7) is 0. The van der Waals surface area contributed by atoms with Crippen LogP contribution in [0.2, 0.25) is 0 Å². The molecule has 162 valence electrons. The predicted molar refractivity (Wildman–Crippen MR) is 128 cm³/mol. The summed E-state index contributed by atoms with van der Waals surface area (Å²) >= 11 is 0. The summed E-state index contributed by atoms with van der Waals surface area (Å²) in [7, 11) is 1.62. The molecule has 32 heavy (non-hydrogen) atoms. The lowest BCUT2D eigenvalue weighted by Gasteiger charge is -2.08. The van der Waals surface area contributed by atoms with Crippen LogP contribution in [0, 0.1) is 0 Å². The number of ether oxygens (including phenoxy) is 1. The number of rotatable bonds is 5. The lowest BCUT2D eigenvalue weighted by atomic mass is 10.1. The van der Waals surface area contributed by atoms with Crippen molar-refractivity contribution < 1.29 is 9.84 Å². The number of methoxy groups -OCH3 is 1. The first-order chi connectivity index (χ1) is 15.1. The number of aromatic hydroxyl groups is 1. The van der Waals surface area contributed by atoms with Gasteiger partial charge in [0.2, 0.25) is 5.96 Å². The third-order valence-electron chi connectivity index (χ3n) is 4.39. The number of nitrogens with one attached hydrogen (secondary N) is 1. The molecular weight excluding hydrogens is 428 g/mol. The fraction of sp³-hybridized carbons (Fsp3) is 0.0435. The number of aromatic nitrogens is 3. The van der Waals surface area contributed by atoms with E-state index in [2.05, 4.69) is 25.3 Å². The van der Waals surface area contributed by atoms with Gasteiger partial charge in [-0.15, -0.1) is 12.4 Å². The van der Waals surface area contributed by atoms with Crippen LogP contribution in [0.1, 0.15) is 0 Å². The van der Waals surface area contributed by atoms with E-state index in [-0.39, 0.29) is 30.1 Å². The second-order valence-corrected chi connectivity index (χ2v) is 6.55. The Morgan fingerprint density at radius 1 is 0.938 bits per heavy atom. The molecule has 0 amide bonds. The molecule has 2 heterocycles. The van der Waals surface area contributed by atoms with Crippen LogP contribution in [0.3, 0.4) is 0 Å². The van der Waals surface area contributed by atoms with Gasteiger partial charge in [-0.25, -0.2) is 9.97 Å². The molecule has 0 aliphatic rings. The Morgan fingerprint density at radius 2 is 1.66 bits per heavy atom. The zero-order chi connectivity index (χ0) is 21.6. The largest absolute Gasteiger partial charge is 0.508 e. The van der Waals surface area contributed by atoms with Crippen molar-refractivity contribution in [1.29, 1.82) is 0 Å². The molecule has 0 spiro atoms. The van der Waals surface area contributed by atoms with Crippen LogP contribution in [0.25, 0.3) is 22.6 Å². The zero-order valence-electron chi connectivity index (χ0n) is 17.1. The number of nitrogens with zero attached hydrogens (tertiary/aromatic N) is 4. The average Bonchev–Trinajstić information content (AvgIpc) is 2.81. The Balaban J connectivity index is 0.00000289. The molecule has 2 aromatic carbocycles. The minimum Gasteiger partial charge on any atom is -0.508 e. The summed E-state index contributed by atoms with van der Waals surface area (Å²) in [6, 6.07) is 21.5. The number of benzene rings is 2. The number of aliphatic imine (C=N–C) groups is 1. The van der Waals surface area contributed by atoms with Crippen LogP contribution in [-0.4, -0.2) is 33.1 Å².